The molecule has 4 rings (SSSR count). The summed E-state index contributed by atoms with van der Waals surface area (Å²) in [6, 6.07) is 35.8. The molecule has 0 aliphatic rings. The molecule has 0 saturated heterocycles. The van der Waals surface area contributed by atoms with Gasteiger partial charge < -0.3 is 10.0 Å². The zero-order valence-corrected chi connectivity index (χ0v) is 15.3. The highest BCUT2D eigenvalue weighted by Crippen LogP contribution is 2.33. The minimum absolute atomic E-state index is 0.241. The van der Waals surface area contributed by atoms with Gasteiger partial charge in [0.1, 0.15) is 5.75 Å². The Morgan fingerprint density at radius 1 is 0.571 bits per heavy atom. The van der Waals surface area contributed by atoms with E-state index in [0.29, 0.717) is 0 Å². The van der Waals surface area contributed by atoms with Gasteiger partial charge in [-0.1, -0.05) is 48.5 Å². The molecule has 28 heavy (non-hydrogen) atoms. The van der Waals surface area contributed by atoms with Crippen LogP contribution < -0.4 is 4.90 Å². The van der Waals surface area contributed by atoms with E-state index in [9.17, 15) is 5.11 Å². The van der Waals surface area contributed by atoms with E-state index < -0.39 is 0 Å². The van der Waals surface area contributed by atoms with E-state index in [0.717, 1.165) is 28.3 Å². The molecule has 0 bridgehead atoms. The zero-order chi connectivity index (χ0) is 19.2. The van der Waals surface area contributed by atoms with Crippen molar-refractivity contribution in [2.45, 2.75) is 0 Å². The number of aromatic hydroxyl groups is 1. The SMILES string of the molecule is Oc1ccc(N=Cc2ccc(N(c3ccccc3)c3ccccc3)cc2)cc1. The summed E-state index contributed by atoms with van der Waals surface area (Å²) < 4.78 is 0. The molecule has 4 aromatic rings. The van der Waals surface area contributed by atoms with Gasteiger partial charge in [-0.05, 0) is 66.2 Å². The van der Waals surface area contributed by atoms with Crippen LogP contribution in [0, 0.1) is 0 Å². The van der Waals surface area contributed by atoms with Crippen molar-refractivity contribution in [2.24, 2.45) is 4.99 Å². The molecular weight excluding hydrogens is 344 g/mol. The van der Waals surface area contributed by atoms with Crippen molar-refractivity contribution >= 4 is 29.0 Å². The van der Waals surface area contributed by atoms with Crippen molar-refractivity contribution in [1.29, 1.82) is 0 Å². The lowest BCUT2D eigenvalue weighted by atomic mass is 10.1. The molecular formula is C25H20N2O. The monoisotopic (exact) mass is 364 g/mol. The fraction of sp³-hybridized carbons (Fsp3) is 0. The molecule has 0 spiro atoms. The highest BCUT2D eigenvalue weighted by molar-refractivity contribution is 5.84. The fourth-order valence-electron chi connectivity index (χ4n) is 3.00. The molecule has 0 radical (unpaired) electrons. The van der Waals surface area contributed by atoms with Crippen LogP contribution in [0.4, 0.5) is 22.7 Å². The Bertz CT molecular complexity index is 1000. The molecule has 0 heterocycles. The van der Waals surface area contributed by atoms with E-state index in [1.54, 1.807) is 24.3 Å². The van der Waals surface area contributed by atoms with Gasteiger partial charge in [0.05, 0.1) is 5.69 Å². The maximum absolute atomic E-state index is 9.36. The average Bonchev–Trinajstić information content (AvgIpc) is 2.76. The second-order valence-electron chi connectivity index (χ2n) is 6.37. The molecule has 3 heteroatoms. The number of phenolic OH excluding ortho intramolecular Hbond substituents is 1. The molecule has 0 amide bonds. The van der Waals surface area contributed by atoms with Crippen molar-refractivity contribution in [3.8, 4) is 5.75 Å². The highest BCUT2D eigenvalue weighted by atomic mass is 16.3. The summed E-state index contributed by atoms with van der Waals surface area (Å²) in [5, 5.41) is 9.36. The summed E-state index contributed by atoms with van der Waals surface area (Å²) >= 11 is 0. The van der Waals surface area contributed by atoms with Gasteiger partial charge in [0, 0.05) is 23.3 Å². The second kappa shape index (κ2) is 8.23. The molecule has 0 saturated carbocycles. The zero-order valence-electron chi connectivity index (χ0n) is 15.3. The molecule has 0 fully saturated rings. The van der Waals surface area contributed by atoms with Crippen molar-refractivity contribution < 1.29 is 5.11 Å². The van der Waals surface area contributed by atoms with Gasteiger partial charge in [0.15, 0.2) is 0 Å². The first-order valence-electron chi connectivity index (χ1n) is 9.13. The van der Waals surface area contributed by atoms with Gasteiger partial charge in [0.2, 0.25) is 0 Å². The number of rotatable bonds is 5. The first kappa shape index (κ1) is 17.6. The number of hydrogen-bond acceptors (Lipinski definition) is 3. The minimum atomic E-state index is 0.241. The molecule has 0 aliphatic heterocycles. The third-order valence-electron chi connectivity index (χ3n) is 4.39. The standard InChI is InChI=1S/C25H20N2O/c28-25-17-13-21(14-18-25)26-19-20-11-15-24(16-12-20)27(22-7-3-1-4-8-22)23-9-5-2-6-10-23/h1-19,28H. The summed E-state index contributed by atoms with van der Waals surface area (Å²) in [6.07, 6.45) is 1.82. The molecule has 0 aromatic heterocycles. The van der Waals surface area contributed by atoms with Gasteiger partial charge in [-0.15, -0.1) is 0 Å². The van der Waals surface area contributed by atoms with Crippen LogP contribution in [0.2, 0.25) is 0 Å². The van der Waals surface area contributed by atoms with Gasteiger partial charge in [-0.2, -0.15) is 0 Å². The molecule has 4 aromatic carbocycles. The van der Waals surface area contributed by atoms with Crippen LogP contribution in [0.15, 0.2) is 114 Å². The summed E-state index contributed by atoms with van der Waals surface area (Å²) in [6.45, 7) is 0. The number of anilines is 3. The van der Waals surface area contributed by atoms with Crippen LogP contribution in [0.25, 0.3) is 0 Å². The van der Waals surface area contributed by atoms with Crippen LogP contribution in [-0.4, -0.2) is 11.3 Å². The van der Waals surface area contributed by atoms with Gasteiger partial charge >= 0.3 is 0 Å². The Labute approximate surface area is 164 Å². The predicted molar refractivity (Wildman–Crippen MR) is 116 cm³/mol. The summed E-state index contributed by atoms with van der Waals surface area (Å²) in [5.41, 5.74) is 5.12. The van der Waals surface area contributed by atoms with E-state index in [2.05, 4.69) is 58.4 Å². The largest absolute Gasteiger partial charge is 0.508 e. The van der Waals surface area contributed by atoms with Crippen LogP contribution in [0.5, 0.6) is 5.75 Å². The Morgan fingerprint density at radius 3 is 1.61 bits per heavy atom. The summed E-state index contributed by atoms with van der Waals surface area (Å²) in [5.74, 6) is 0.241. The molecule has 0 aliphatic carbocycles. The molecule has 136 valence electrons. The average molecular weight is 364 g/mol. The lowest BCUT2D eigenvalue weighted by molar-refractivity contribution is 0.475. The van der Waals surface area contributed by atoms with Crippen molar-refractivity contribution in [1.82, 2.24) is 0 Å². The van der Waals surface area contributed by atoms with E-state index >= 15 is 0 Å². The van der Waals surface area contributed by atoms with E-state index in [1.807, 2.05) is 42.6 Å². The molecule has 0 atom stereocenters. The topological polar surface area (TPSA) is 35.8 Å². The number of benzene rings is 4. The molecule has 0 unspecified atom stereocenters. The van der Waals surface area contributed by atoms with E-state index in [1.165, 1.54) is 0 Å². The van der Waals surface area contributed by atoms with Crippen molar-refractivity contribution in [2.75, 3.05) is 4.90 Å². The molecule has 3 nitrogen and oxygen atoms in total. The minimum Gasteiger partial charge on any atom is -0.508 e. The quantitative estimate of drug-likeness (QED) is 0.404. The van der Waals surface area contributed by atoms with Gasteiger partial charge in [-0.3, -0.25) is 4.99 Å². The number of aliphatic imine (C=N–C) groups is 1. The third kappa shape index (κ3) is 4.10. The Hall–Kier alpha value is -3.85. The Balaban J connectivity index is 1.62. The van der Waals surface area contributed by atoms with Crippen molar-refractivity contribution in [3.63, 3.8) is 0 Å². The predicted octanol–water partition coefficient (Wildman–Crippen LogP) is 6.61. The highest BCUT2D eigenvalue weighted by Gasteiger charge is 2.11. The van der Waals surface area contributed by atoms with E-state index in [4.69, 9.17) is 0 Å². The number of para-hydroxylation sites is 2. The van der Waals surface area contributed by atoms with E-state index in [-0.39, 0.29) is 5.75 Å². The van der Waals surface area contributed by atoms with Crippen LogP contribution >= 0.6 is 0 Å². The Morgan fingerprint density at radius 2 is 1.07 bits per heavy atom. The van der Waals surface area contributed by atoms with Crippen LogP contribution in [0.3, 0.4) is 0 Å². The lowest BCUT2D eigenvalue weighted by Gasteiger charge is -2.25. The van der Waals surface area contributed by atoms with Crippen LogP contribution in [0.1, 0.15) is 5.56 Å². The Kier molecular flexibility index (Phi) is 5.16. The van der Waals surface area contributed by atoms with Gasteiger partial charge in [0.25, 0.3) is 0 Å². The smallest absolute Gasteiger partial charge is 0.115 e. The third-order valence-corrected chi connectivity index (χ3v) is 4.39. The number of hydrogen-bond donors (Lipinski definition) is 1. The normalized spacial score (nSPS) is 10.9. The fourth-order valence-corrected chi connectivity index (χ4v) is 3.00. The van der Waals surface area contributed by atoms with Crippen molar-refractivity contribution in [3.05, 3.63) is 115 Å². The maximum Gasteiger partial charge on any atom is 0.115 e. The van der Waals surface area contributed by atoms with Crippen LogP contribution in [-0.2, 0) is 0 Å². The van der Waals surface area contributed by atoms with Gasteiger partial charge in [-0.25, -0.2) is 0 Å². The summed E-state index contributed by atoms with van der Waals surface area (Å²) in [4.78, 5) is 6.68. The molecule has 1 N–H and O–H groups in total. The first-order valence-corrected chi connectivity index (χ1v) is 9.13. The first-order chi connectivity index (χ1) is 13.8. The number of phenols is 1. The maximum atomic E-state index is 9.36. The summed E-state index contributed by atoms with van der Waals surface area (Å²) in [7, 11) is 0. The number of nitrogens with zero attached hydrogens (tertiary/aromatic N) is 2. The lowest BCUT2D eigenvalue weighted by Crippen LogP contribution is -2.09. The second-order valence-corrected chi connectivity index (χ2v) is 6.37.